The fraction of sp³-hybridized carbons (Fsp3) is 0.276. The van der Waals surface area contributed by atoms with Gasteiger partial charge in [0.25, 0.3) is 5.91 Å². The van der Waals surface area contributed by atoms with Gasteiger partial charge in [0.05, 0.1) is 17.3 Å². The highest BCUT2D eigenvalue weighted by molar-refractivity contribution is 6.06. The first-order valence-corrected chi connectivity index (χ1v) is 12.0. The lowest BCUT2D eigenvalue weighted by Crippen LogP contribution is -2.43. The monoisotopic (exact) mass is 433 g/mol. The zero-order chi connectivity index (χ0) is 22.2. The van der Waals surface area contributed by atoms with Crippen molar-refractivity contribution in [1.82, 2.24) is 14.9 Å². The van der Waals surface area contributed by atoms with Crippen molar-refractivity contribution in [2.45, 2.75) is 38.1 Å². The van der Waals surface area contributed by atoms with Crippen LogP contribution in [0.1, 0.15) is 53.2 Å². The molecule has 1 unspecified atom stereocenters. The van der Waals surface area contributed by atoms with Crippen LogP contribution in [0.5, 0.6) is 0 Å². The van der Waals surface area contributed by atoms with Crippen LogP contribution in [0.3, 0.4) is 0 Å². The Morgan fingerprint density at radius 3 is 2.55 bits per heavy atom. The van der Waals surface area contributed by atoms with E-state index in [1.54, 1.807) is 6.20 Å². The van der Waals surface area contributed by atoms with Crippen molar-refractivity contribution >= 4 is 16.9 Å². The van der Waals surface area contributed by atoms with Gasteiger partial charge < -0.3 is 4.90 Å². The summed E-state index contributed by atoms with van der Waals surface area (Å²) in [6.07, 6.45) is 7.54. The maximum atomic E-state index is 14.2. The first-order chi connectivity index (χ1) is 16.3. The third-order valence-corrected chi connectivity index (χ3v) is 7.32. The molecule has 1 aliphatic carbocycles. The van der Waals surface area contributed by atoms with Gasteiger partial charge in [0.1, 0.15) is 0 Å². The average molecular weight is 434 g/mol. The Labute approximate surface area is 194 Å². The number of aromatic nitrogens is 2. The number of fused-ring (bicyclic) bond motifs is 2. The Bertz CT molecular complexity index is 1310. The summed E-state index contributed by atoms with van der Waals surface area (Å²) >= 11 is 0. The van der Waals surface area contributed by atoms with E-state index in [0.29, 0.717) is 17.1 Å². The number of hydrogen-bond acceptors (Lipinski definition) is 3. The molecule has 3 heterocycles. The van der Waals surface area contributed by atoms with E-state index in [2.05, 4.69) is 34.1 Å². The van der Waals surface area contributed by atoms with E-state index in [-0.39, 0.29) is 11.9 Å². The van der Waals surface area contributed by atoms with E-state index in [0.717, 1.165) is 29.6 Å². The Kier molecular flexibility index (Phi) is 5.14. The molecule has 1 saturated carbocycles. The number of carbonyl (C=O) groups excluding carboxylic acids is 1. The predicted molar refractivity (Wildman–Crippen MR) is 131 cm³/mol. The van der Waals surface area contributed by atoms with E-state index in [1.165, 1.54) is 36.8 Å². The van der Waals surface area contributed by atoms with Gasteiger partial charge in [-0.1, -0.05) is 67.4 Å². The molecule has 0 N–H and O–H groups in total. The van der Waals surface area contributed by atoms with Gasteiger partial charge in [-0.15, -0.1) is 0 Å². The topological polar surface area (TPSA) is 46.1 Å². The van der Waals surface area contributed by atoms with Gasteiger partial charge in [-0.2, -0.15) is 0 Å². The minimum atomic E-state index is 0.0963. The highest BCUT2D eigenvalue weighted by Crippen LogP contribution is 2.43. The van der Waals surface area contributed by atoms with Gasteiger partial charge in [-0.05, 0) is 54.5 Å². The maximum Gasteiger partial charge on any atom is 0.255 e. The van der Waals surface area contributed by atoms with Crippen molar-refractivity contribution in [2.75, 3.05) is 6.54 Å². The number of hydrogen-bond donors (Lipinski definition) is 0. The average Bonchev–Trinajstić information content (AvgIpc) is 3.42. The van der Waals surface area contributed by atoms with E-state index in [9.17, 15) is 4.79 Å². The number of nitrogens with zero attached hydrogens (tertiary/aromatic N) is 3. The lowest BCUT2D eigenvalue weighted by atomic mass is 9.83. The van der Waals surface area contributed by atoms with Gasteiger partial charge in [-0.25, -0.2) is 9.97 Å². The summed E-state index contributed by atoms with van der Waals surface area (Å²) in [6.45, 7) is 0.752. The van der Waals surface area contributed by atoms with Crippen molar-refractivity contribution in [2.24, 2.45) is 5.92 Å². The smallest absolute Gasteiger partial charge is 0.255 e. The molecular weight excluding hydrogens is 406 g/mol. The Morgan fingerprint density at radius 1 is 0.909 bits per heavy atom. The molecule has 4 aromatic rings. The van der Waals surface area contributed by atoms with Crippen LogP contribution in [0, 0.1) is 5.92 Å². The maximum absolute atomic E-state index is 14.2. The molecule has 33 heavy (non-hydrogen) atoms. The number of rotatable bonds is 3. The molecule has 0 radical (unpaired) electrons. The summed E-state index contributed by atoms with van der Waals surface area (Å²) in [5.74, 6) is 0.620. The summed E-state index contributed by atoms with van der Waals surface area (Å²) in [5, 5.41) is 0.825. The van der Waals surface area contributed by atoms with Crippen LogP contribution in [0.4, 0.5) is 0 Å². The van der Waals surface area contributed by atoms with Gasteiger partial charge in [0.15, 0.2) is 5.65 Å². The second-order valence-electron chi connectivity index (χ2n) is 9.23. The number of amides is 1. The third kappa shape index (κ3) is 3.60. The lowest BCUT2D eigenvalue weighted by Gasteiger charge is -2.41. The van der Waals surface area contributed by atoms with Crippen molar-refractivity contribution in [3.05, 3.63) is 95.7 Å². The van der Waals surface area contributed by atoms with Gasteiger partial charge in [-0.3, -0.25) is 4.79 Å². The van der Waals surface area contributed by atoms with Gasteiger partial charge >= 0.3 is 0 Å². The highest BCUT2D eigenvalue weighted by Gasteiger charge is 2.38. The molecule has 164 valence electrons. The molecule has 4 nitrogen and oxygen atoms in total. The molecule has 6 rings (SSSR count). The fourth-order valence-electron chi connectivity index (χ4n) is 5.75. The molecule has 1 atom stereocenters. The number of pyridine rings is 2. The van der Waals surface area contributed by atoms with Crippen LogP contribution < -0.4 is 0 Å². The molecule has 2 aromatic carbocycles. The Morgan fingerprint density at radius 2 is 1.70 bits per heavy atom. The van der Waals surface area contributed by atoms with Crippen LogP contribution in [-0.4, -0.2) is 27.3 Å². The van der Waals surface area contributed by atoms with E-state index < -0.39 is 0 Å². The van der Waals surface area contributed by atoms with Crippen LogP contribution in [0.2, 0.25) is 0 Å². The number of benzene rings is 2. The minimum Gasteiger partial charge on any atom is -0.331 e. The summed E-state index contributed by atoms with van der Waals surface area (Å²) < 4.78 is 0. The van der Waals surface area contributed by atoms with Crippen molar-refractivity contribution in [3.63, 3.8) is 0 Å². The zero-order valence-electron chi connectivity index (χ0n) is 18.7. The summed E-state index contributed by atoms with van der Waals surface area (Å²) in [5.41, 5.74) is 5.84. The molecule has 2 aliphatic rings. The fourth-order valence-corrected chi connectivity index (χ4v) is 5.75. The van der Waals surface area contributed by atoms with Crippen LogP contribution in [0.15, 0.2) is 79.0 Å². The molecule has 0 spiro atoms. The standard InChI is InChI=1S/C29H27N3O/c33-29(32-18-16-20-9-6-7-14-23(20)27(32)22-12-4-5-13-22)25-19-26(21-10-2-1-3-11-21)31-28-24(25)15-8-17-30-28/h1-3,6-11,14-15,17,19,22,27H,4-5,12-13,16,18H2. The largest absolute Gasteiger partial charge is 0.331 e. The summed E-state index contributed by atoms with van der Waals surface area (Å²) in [6, 6.07) is 24.7. The van der Waals surface area contributed by atoms with Crippen molar-refractivity contribution < 1.29 is 4.79 Å². The molecule has 1 amide bonds. The minimum absolute atomic E-state index is 0.0963. The molecule has 0 bridgehead atoms. The van der Waals surface area contributed by atoms with Crippen molar-refractivity contribution in [1.29, 1.82) is 0 Å². The normalized spacial score (nSPS) is 18.4. The van der Waals surface area contributed by atoms with E-state index >= 15 is 0 Å². The highest BCUT2D eigenvalue weighted by atomic mass is 16.2. The molecule has 0 saturated heterocycles. The predicted octanol–water partition coefficient (Wildman–Crippen LogP) is 6.23. The molecule has 2 aromatic heterocycles. The molecular formula is C29H27N3O. The molecule has 4 heteroatoms. The summed E-state index contributed by atoms with van der Waals surface area (Å²) in [7, 11) is 0. The van der Waals surface area contributed by atoms with Crippen LogP contribution in [-0.2, 0) is 6.42 Å². The Balaban J connectivity index is 1.48. The number of carbonyl (C=O) groups is 1. The molecule has 1 aliphatic heterocycles. The second kappa shape index (κ2) is 8.43. The Hall–Kier alpha value is -3.53. The SMILES string of the molecule is O=C(c1cc(-c2ccccc2)nc2ncccc12)N1CCc2ccccc2C1C1CCCC1. The first-order valence-electron chi connectivity index (χ1n) is 12.0. The van der Waals surface area contributed by atoms with Gasteiger partial charge in [0, 0.05) is 23.7 Å². The van der Waals surface area contributed by atoms with E-state index in [4.69, 9.17) is 4.98 Å². The first kappa shape index (κ1) is 20.1. The second-order valence-corrected chi connectivity index (χ2v) is 9.23. The summed E-state index contributed by atoms with van der Waals surface area (Å²) in [4.78, 5) is 25.7. The third-order valence-electron chi connectivity index (χ3n) is 7.32. The van der Waals surface area contributed by atoms with Crippen LogP contribution in [0.25, 0.3) is 22.3 Å². The van der Waals surface area contributed by atoms with E-state index in [1.807, 2.05) is 48.5 Å². The lowest BCUT2D eigenvalue weighted by molar-refractivity contribution is 0.0585. The van der Waals surface area contributed by atoms with Crippen LogP contribution >= 0.6 is 0 Å². The van der Waals surface area contributed by atoms with Gasteiger partial charge in [0.2, 0.25) is 0 Å². The molecule has 1 fully saturated rings. The quantitative estimate of drug-likeness (QED) is 0.385. The van der Waals surface area contributed by atoms with Crippen molar-refractivity contribution in [3.8, 4) is 11.3 Å². The zero-order valence-corrected chi connectivity index (χ0v) is 18.7.